The summed E-state index contributed by atoms with van der Waals surface area (Å²) in [6.45, 7) is -2.53. The minimum absolute atomic E-state index is 0.0977. The predicted molar refractivity (Wildman–Crippen MR) is 102 cm³/mol. The summed E-state index contributed by atoms with van der Waals surface area (Å²) in [6, 6.07) is 1.92. The van der Waals surface area contributed by atoms with Crippen LogP contribution in [0.1, 0.15) is 16.8 Å². The quantitative estimate of drug-likeness (QED) is 0.304. The first kappa shape index (κ1) is 25.5. The van der Waals surface area contributed by atoms with Crippen LogP contribution in [0.5, 0.6) is 0 Å². The van der Waals surface area contributed by atoms with Gasteiger partial charge in [0.25, 0.3) is 17.5 Å². The highest BCUT2D eigenvalue weighted by molar-refractivity contribution is 7.98. The van der Waals surface area contributed by atoms with E-state index in [0.29, 0.717) is 5.75 Å². The average molecular weight is 472 g/mol. The van der Waals surface area contributed by atoms with Crippen LogP contribution in [0.25, 0.3) is 0 Å². The number of non-ortho nitro benzene ring substituents is 1. The molecule has 14 heteroatoms. The number of nitrogens with zero attached hydrogens (tertiary/aromatic N) is 1. The SMILES string of the molecule is CSCCC(NC(=O)c1ccc([N+](=O)[O-])cc1Cl)C(=O)OCC(=O)NCC(F)(F)F. The molecular weight excluding hydrogens is 455 g/mol. The van der Waals surface area contributed by atoms with Gasteiger partial charge >= 0.3 is 12.1 Å². The predicted octanol–water partition coefficient (Wildman–Crippen LogP) is 2.32. The molecule has 1 aromatic carbocycles. The molecule has 0 saturated carbocycles. The number of carbonyl (C=O) groups excluding carboxylic acids is 3. The van der Waals surface area contributed by atoms with Gasteiger partial charge in [0, 0.05) is 12.1 Å². The number of ether oxygens (including phenoxy) is 1. The summed E-state index contributed by atoms with van der Waals surface area (Å²) >= 11 is 7.23. The highest BCUT2D eigenvalue weighted by Gasteiger charge is 2.29. The van der Waals surface area contributed by atoms with E-state index in [1.807, 2.05) is 0 Å². The molecule has 9 nitrogen and oxygen atoms in total. The smallest absolute Gasteiger partial charge is 0.405 e. The van der Waals surface area contributed by atoms with Gasteiger partial charge in [-0.1, -0.05) is 11.6 Å². The Kier molecular flexibility index (Phi) is 9.85. The van der Waals surface area contributed by atoms with Gasteiger partial charge in [0.05, 0.1) is 15.5 Å². The van der Waals surface area contributed by atoms with Gasteiger partial charge < -0.3 is 15.4 Å². The van der Waals surface area contributed by atoms with Crippen LogP contribution in [0.3, 0.4) is 0 Å². The number of esters is 1. The Balaban J connectivity index is 2.76. The summed E-state index contributed by atoms with van der Waals surface area (Å²) in [4.78, 5) is 46.0. The molecule has 166 valence electrons. The molecule has 2 N–H and O–H groups in total. The number of thioether (sulfide) groups is 1. The topological polar surface area (TPSA) is 128 Å². The van der Waals surface area contributed by atoms with Crippen molar-refractivity contribution in [2.45, 2.75) is 18.6 Å². The first-order valence-electron chi connectivity index (χ1n) is 8.18. The fourth-order valence-corrected chi connectivity index (χ4v) is 2.74. The summed E-state index contributed by atoms with van der Waals surface area (Å²) < 4.78 is 40.9. The Morgan fingerprint density at radius 1 is 1.33 bits per heavy atom. The van der Waals surface area contributed by atoms with Crippen molar-refractivity contribution in [3.05, 3.63) is 38.9 Å². The van der Waals surface area contributed by atoms with Crippen LogP contribution in [0.15, 0.2) is 18.2 Å². The number of nitro benzene ring substituents is 1. The highest BCUT2D eigenvalue weighted by atomic mass is 35.5. The van der Waals surface area contributed by atoms with Crippen LogP contribution in [0, 0.1) is 10.1 Å². The number of benzene rings is 1. The lowest BCUT2D eigenvalue weighted by Gasteiger charge is -2.18. The average Bonchev–Trinajstić information content (AvgIpc) is 2.66. The van der Waals surface area contributed by atoms with E-state index in [1.54, 1.807) is 11.6 Å². The van der Waals surface area contributed by atoms with Crippen LogP contribution in [-0.4, -0.2) is 60.1 Å². The van der Waals surface area contributed by atoms with E-state index >= 15 is 0 Å². The molecule has 1 aromatic rings. The zero-order valence-corrected chi connectivity index (χ0v) is 17.0. The molecule has 0 aliphatic heterocycles. The van der Waals surface area contributed by atoms with Crippen molar-refractivity contribution >= 4 is 46.8 Å². The van der Waals surface area contributed by atoms with Crippen molar-refractivity contribution in [1.82, 2.24) is 10.6 Å². The standard InChI is InChI=1S/C16H17ClF3N3O6S/c1-30-5-4-12(15(26)29-7-13(24)21-8-16(18,19)20)22-14(25)10-3-2-9(23(27)28)6-11(10)17/h2-3,6,12H,4-5,7-8H2,1H3,(H,21,24)(H,22,25). The summed E-state index contributed by atoms with van der Waals surface area (Å²) in [5, 5.41) is 14.4. The summed E-state index contributed by atoms with van der Waals surface area (Å²) in [5.41, 5.74) is -0.466. The third kappa shape index (κ3) is 8.86. The zero-order valence-electron chi connectivity index (χ0n) is 15.5. The van der Waals surface area contributed by atoms with Gasteiger partial charge in [0.2, 0.25) is 0 Å². The Hall–Kier alpha value is -2.54. The van der Waals surface area contributed by atoms with E-state index in [-0.39, 0.29) is 22.7 Å². The molecule has 0 bridgehead atoms. The molecule has 1 unspecified atom stereocenters. The number of nitrogens with one attached hydrogen (secondary N) is 2. The lowest BCUT2D eigenvalue weighted by atomic mass is 10.1. The van der Waals surface area contributed by atoms with Crippen LogP contribution in [0.2, 0.25) is 5.02 Å². The second kappa shape index (κ2) is 11.6. The van der Waals surface area contributed by atoms with E-state index in [0.717, 1.165) is 18.2 Å². The molecule has 1 atom stereocenters. The number of amides is 2. The molecule has 0 aliphatic carbocycles. The minimum Gasteiger partial charge on any atom is -0.454 e. The second-order valence-electron chi connectivity index (χ2n) is 5.73. The Bertz CT molecular complexity index is 809. The number of nitro groups is 1. The molecular formula is C16H17ClF3N3O6S. The number of hydrogen-bond acceptors (Lipinski definition) is 7. The lowest BCUT2D eigenvalue weighted by Crippen LogP contribution is -2.44. The van der Waals surface area contributed by atoms with E-state index < -0.39 is 48.1 Å². The summed E-state index contributed by atoms with van der Waals surface area (Å²) in [5.74, 6) is -2.60. The molecule has 30 heavy (non-hydrogen) atoms. The van der Waals surface area contributed by atoms with Gasteiger partial charge in [-0.3, -0.25) is 19.7 Å². The third-order valence-electron chi connectivity index (χ3n) is 3.44. The van der Waals surface area contributed by atoms with E-state index in [1.165, 1.54) is 11.8 Å². The van der Waals surface area contributed by atoms with Gasteiger partial charge in [0.1, 0.15) is 12.6 Å². The zero-order chi connectivity index (χ0) is 22.9. The Labute approximate surface area is 177 Å². The monoisotopic (exact) mass is 471 g/mol. The maximum Gasteiger partial charge on any atom is 0.405 e. The lowest BCUT2D eigenvalue weighted by molar-refractivity contribution is -0.384. The molecule has 0 fully saturated rings. The number of alkyl halides is 3. The number of carbonyl (C=O) groups is 3. The van der Waals surface area contributed by atoms with Crippen molar-refractivity contribution < 1.29 is 37.2 Å². The highest BCUT2D eigenvalue weighted by Crippen LogP contribution is 2.22. The summed E-state index contributed by atoms with van der Waals surface area (Å²) in [7, 11) is 0. The first-order valence-corrected chi connectivity index (χ1v) is 9.95. The van der Waals surface area contributed by atoms with E-state index in [2.05, 4.69) is 10.1 Å². The fraction of sp³-hybridized carbons (Fsp3) is 0.438. The molecule has 0 heterocycles. The molecule has 0 aliphatic rings. The first-order chi connectivity index (χ1) is 13.9. The van der Waals surface area contributed by atoms with Gasteiger partial charge in [-0.2, -0.15) is 24.9 Å². The molecule has 1 rings (SSSR count). The Morgan fingerprint density at radius 3 is 2.53 bits per heavy atom. The Morgan fingerprint density at radius 2 is 2.00 bits per heavy atom. The fourth-order valence-electron chi connectivity index (χ4n) is 2.01. The minimum atomic E-state index is -4.61. The van der Waals surface area contributed by atoms with Crippen LogP contribution >= 0.6 is 23.4 Å². The number of rotatable bonds is 10. The van der Waals surface area contributed by atoms with Crippen molar-refractivity contribution in [2.24, 2.45) is 0 Å². The van der Waals surface area contributed by atoms with Crippen LogP contribution in [0.4, 0.5) is 18.9 Å². The molecule has 0 radical (unpaired) electrons. The van der Waals surface area contributed by atoms with Gasteiger partial charge in [-0.25, -0.2) is 4.79 Å². The van der Waals surface area contributed by atoms with Crippen molar-refractivity contribution in [3.63, 3.8) is 0 Å². The molecule has 0 spiro atoms. The van der Waals surface area contributed by atoms with E-state index in [4.69, 9.17) is 11.6 Å². The third-order valence-corrected chi connectivity index (χ3v) is 4.40. The van der Waals surface area contributed by atoms with Crippen molar-refractivity contribution in [1.29, 1.82) is 0 Å². The largest absolute Gasteiger partial charge is 0.454 e. The van der Waals surface area contributed by atoms with Crippen LogP contribution in [-0.2, 0) is 14.3 Å². The molecule has 0 aromatic heterocycles. The number of halogens is 4. The molecule has 2 amide bonds. The van der Waals surface area contributed by atoms with Crippen molar-refractivity contribution in [3.8, 4) is 0 Å². The van der Waals surface area contributed by atoms with Gasteiger partial charge in [0.15, 0.2) is 6.61 Å². The van der Waals surface area contributed by atoms with Gasteiger partial charge in [-0.05, 0) is 24.5 Å². The maximum absolute atomic E-state index is 12.4. The molecule has 0 saturated heterocycles. The number of hydrogen-bond donors (Lipinski definition) is 2. The summed E-state index contributed by atoms with van der Waals surface area (Å²) in [6.07, 6.45) is -2.78. The van der Waals surface area contributed by atoms with E-state index in [9.17, 15) is 37.7 Å². The van der Waals surface area contributed by atoms with Gasteiger partial charge in [-0.15, -0.1) is 0 Å². The normalized spacial score (nSPS) is 12.0. The maximum atomic E-state index is 12.4. The van der Waals surface area contributed by atoms with Crippen LogP contribution < -0.4 is 10.6 Å². The second-order valence-corrected chi connectivity index (χ2v) is 7.12. The van der Waals surface area contributed by atoms with Crippen molar-refractivity contribution in [2.75, 3.05) is 25.2 Å².